The zero-order valence-corrected chi connectivity index (χ0v) is 15.5. The Morgan fingerprint density at radius 2 is 1.41 bits per heavy atom. The summed E-state index contributed by atoms with van der Waals surface area (Å²) in [6, 6.07) is 21.1. The summed E-state index contributed by atoms with van der Waals surface area (Å²) in [4.78, 5) is 12.3. The molecule has 3 rings (SSSR count). The van der Waals surface area contributed by atoms with Crippen LogP contribution in [0.5, 0.6) is 5.75 Å². The van der Waals surface area contributed by atoms with Gasteiger partial charge < -0.3 is 4.74 Å². The Hall–Kier alpha value is -2.94. The van der Waals surface area contributed by atoms with Crippen molar-refractivity contribution in [2.75, 3.05) is 0 Å². The van der Waals surface area contributed by atoms with Crippen molar-refractivity contribution in [3.8, 4) is 16.9 Å². The Morgan fingerprint density at radius 1 is 0.815 bits per heavy atom. The van der Waals surface area contributed by atoms with E-state index in [1.165, 1.54) is 37.0 Å². The smallest absolute Gasteiger partial charge is 0.343 e. The molecule has 27 heavy (non-hydrogen) atoms. The predicted octanol–water partition coefficient (Wildman–Crippen LogP) is 6.44. The molecule has 138 valence electrons. The molecule has 0 saturated heterocycles. The summed E-state index contributed by atoms with van der Waals surface area (Å²) in [7, 11) is 0. The molecule has 0 fully saturated rings. The second kappa shape index (κ2) is 9.13. The summed E-state index contributed by atoms with van der Waals surface area (Å²) in [5, 5.41) is 0. The number of esters is 1. The number of hydrogen-bond acceptors (Lipinski definition) is 2. The van der Waals surface area contributed by atoms with Crippen molar-refractivity contribution in [3.05, 3.63) is 89.7 Å². The summed E-state index contributed by atoms with van der Waals surface area (Å²) in [5.74, 6) is -0.114. The van der Waals surface area contributed by atoms with Crippen molar-refractivity contribution < 1.29 is 13.9 Å². The van der Waals surface area contributed by atoms with E-state index in [0.717, 1.165) is 17.5 Å². The maximum absolute atomic E-state index is 13.0. The summed E-state index contributed by atoms with van der Waals surface area (Å²) in [5.41, 5.74) is 3.55. The normalized spacial score (nSPS) is 10.6. The van der Waals surface area contributed by atoms with Crippen LogP contribution in [0.1, 0.15) is 42.1 Å². The number of benzene rings is 3. The maximum atomic E-state index is 13.0. The molecular weight excluding hydrogens is 339 g/mol. The molecule has 3 heteroatoms. The third-order valence-corrected chi connectivity index (χ3v) is 4.50. The van der Waals surface area contributed by atoms with E-state index in [4.69, 9.17) is 4.74 Å². The molecule has 0 bridgehead atoms. The summed E-state index contributed by atoms with van der Waals surface area (Å²) >= 11 is 0. The van der Waals surface area contributed by atoms with Gasteiger partial charge in [0, 0.05) is 0 Å². The van der Waals surface area contributed by atoms with Gasteiger partial charge in [-0.2, -0.15) is 0 Å². The average molecular weight is 362 g/mol. The first-order chi connectivity index (χ1) is 13.2. The molecule has 0 amide bonds. The Kier molecular flexibility index (Phi) is 6.37. The minimum atomic E-state index is -0.389. The highest BCUT2D eigenvalue weighted by molar-refractivity contribution is 5.91. The number of unbranched alkanes of at least 4 members (excludes halogenated alkanes) is 2. The van der Waals surface area contributed by atoms with E-state index >= 15 is 0 Å². The molecule has 2 nitrogen and oxygen atoms in total. The molecule has 0 saturated carbocycles. The second-order valence-electron chi connectivity index (χ2n) is 6.57. The van der Waals surface area contributed by atoms with E-state index in [0.29, 0.717) is 11.3 Å². The van der Waals surface area contributed by atoms with Crippen LogP contribution in [0.25, 0.3) is 11.1 Å². The fourth-order valence-corrected chi connectivity index (χ4v) is 2.91. The van der Waals surface area contributed by atoms with Crippen LogP contribution in [0.15, 0.2) is 72.8 Å². The minimum Gasteiger partial charge on any atom is -0.423 e. The van der Waals surface area contributed by atoms with Gasteiger partial charge in [0.15, 0.2) is 0 Å². The second-order valence-corrected chi connectivity index (χ2v) is 6.57. The van der Waals surface area contributed by atoms with Crippen LogP contribution >= 0.6 is 0 Å². The summed E-state index contributed by atoms with van der Waals surface area (Å²) in [6.45, 7) is 2.19. The lowest BCUT2D eigenvalue weighted by Gasteiger charge is -2.07. The molecule has 0 atom stereocenters. The minimum absolute atomic E-state index is 0.268. The molecule has 0 aromatic heterocycles. The number of ether oxygens (including phenoxy) is 1. The first-order valence-electron chi connectivity index (χ1n) is 9.33. The van der Waals surface area contributed by atoms with E-state index in [2.05, 4.69) is 6.92 Å². The SMILES string of the molecule is CCCCCc1ccc(OC(=O)c2ccc(-c3ccc(F)cc3)cc2)cc1. The molecule has 0 aliphatic heterocycles. The van der Waals surface area contributed by atoms with Gasteiger partial charge in [-0.3, -0.25) is 0 Å². The molecule has 0 spiro atoms. The first kappa shape index (κ1) is 18.8. The van der Waals surface area contributed by atoms with Gasteiger partial charge in [-0.05, 0) is 65.9 Å². The standard InChI is InChI=1S/C24H23FO2/c1-2-3-4-5-18-6-16-23(17-7-18)27-24(26)21-10-8-19(9-11-21)20-12-14-22(25)15-13-20/h6-17H,2-5H2,1H3. The lowest BCUT2D eigenvalue weighted by atomic mass is 10.0. The molecule has 0 heterocycles. The van der Waals surface area contributed by atoms with Gasteiger partial charge in [0.2, 0.25) is 0 Å². The van der Waals surface area contributed by atoms with E-state index < -0.39 is 0 Å². The largest absolute Gasteiger partial charge is 0.423 e. The van der Waals surface area contributed by atoms with Crippen LogP contribution < -0.4 is 4.74 Å². The highest BCUT2D eigenvalue weighted by Crippen LogP contribution is 2.21. The molecule has 3 aromatic carbocycles. The lowest BCUT2D eigenvalue weighted by Crippen LogP contribution is -2.08. The molecule has 0 aliphatic carbocycles. The average Bonchev–Trinajstić information content (AvgIpc) is 2.70. The number of carbonyl (C=O) groups excluding carboxylic acids is 1. The van der Waals surface area contributed by atoms with Gasteiger partial charge in [0.05, 0.1) is 5.56 Å². The maximum Gasteiger partial charge on any atom is 0.343 e. The number of carbonyl (C=O) groups is 1. The van der Waals surface area contributed by atoms with E-state index in [1.54, 1.807) is 24.3 Å². The van der Waals surface area contributed by atoms with Crippen molar-refractivity contribution >= 4 is 5.97 Å². The van der Waals surface area contributed by atoms with Crippen LogP contribution in [0, 0.1) is 5.82 Å². The van der Waals surface area contributed by atoms with Crippen molar-refractivity contribution in [2.45, 2.75) is 32.6 Å². The Labute approximate surface area is 159 Å². The van der Waals surface area contributed by atoms with Gasteiger partial charge in [-0.15, -0.1) is 0 Å². The van der Waals surface area contributed by atoms with Crippen LogP contribution in [-0.4, -0.2) is 5.97 Å². The third kappa shape index (κ3) is 5.27. The molecular formula is C24H23FO2. The number of rotatable bonds is 7. The zero-order chi connectivity index (χ0) is 19.1. The highest BCUT2D eigenvalue weighted by Gasteiger charge is 2.09. The van der Waals surface area contributed by atoms with E-state index in [1.807, 2.05) is 36.4 Å². The van der Waals surface area contributed by atoms with Crippen LogP contribution in [0.3, 0.4) is 0 Å². The van der Waals surface area contributed by atoms with Crippen LogP contribution in [0.2, 0.25) is 0 Å². The van der Waals surface area contributed by atoms with Gasteiger partial charge in [0.1, 0.15) is 11.6 Å². The number of halogens is 1. The van der Waals surface area contributed by atoms with E-state index in [9.17, 15) is 9.18 Å². The van der Waals surface area contributed by atoms with Gasteiger partial charge in [-0.1, -0.05) is 56.2 Å². The van der Waals surface area contributed by atoms with Gasteiger partial charge >= 0.3 is 5.97 Å². The van der Waals surface area contributed by atoms with Crippen molar-refractivity contribution in [1.82, 2.24) is 0 Å². The van der Waals surface area contributed by atoms with Crippen LogP contribution in [0.4, 0.5) is 4.39 Å². The summed E-state index contributed by atoms with van der Waals surface area (Å²) in [6.07, 6.45) is 4.66. The van der Waals surface area contributed by atoms with Gasteiger partial charge in [-0.25, -0.2) is 9.18 Å². The Bertz CT molecular complexity index is 866. The summed E-state index contributed by atoms with van der Waals surface area (Å²) < 4.78 is 18.5. The molecule has 3 aromatic rings. The predicted molar refractivity (Wildman–Crippen MR) is 106 cm³/mol. The van der Waals surface area contributed by atoms with Crippen molar-refractivity contribution in [2.24, 2.45) is 0 Å². The quantitative estimate of drug-likeness (QED) is 0.274. The zero-order valence-electron chi connectivity index (χ0n) is 15.5. The van der Waals surface area contributed by atoms with Gasteiger partial charge in [0.25, 0.3) is 0 Å². The number of aryl methyl sites for hydroxylation is 1. The lowest BCUT2D eigenvalue weighted by molar-refractivity contribution is 0.0734. The molecule has 0 N–H and O–H groups in total. The molecule has 0 aliphatic rings. The Morgan fingerprint density at radius 3 is 2.00 bits per heavy atom. The first-order valence-corrected chi connectivity index (χ1v) is 9.33. The molecule has 0 unspecified atom stereocenters. The Balaban J connectivity index is 1.61. The number of hydrogen-bond donors (Lipinski definition) is 0. The highest BCUT2D eigenvalue weighted by atomic mass is 19.1. The third-order valence-electron chi connectivity index (χ3n) is 4.50. The topological polar surface area (TPSA) is 26.3 Å². The fraction of sp³-hybridized carbons (Fsp3) is 0.208. The van der Waals surface area contributed by atoms with Crippen LogP contribution in [-0.2, 0) is 6.42 Å². The fourth-order valence-electron chi connectivity index (χ4n) is 2.91. The van der Waals surface area contributed by atoms with Crippen molar-refractivity contribution in [1.29, 1.82) is 0 Å². The monoisotopic (exact) mass is 362 g/mol. The van der Waals surface area contributed by atoms with Crippen molar-refractivity contribution in [3.63, 3.8) is 0 Å². The van der Waals surface area contributed by atoms with E-state index in [-0.39, 0.29) is 11.8 Å². The molecule has 0 radical (unpaired) electrons.